The number of alkyl halides is 2. The topological polar surface area (TPSA) is 72.6 Å². The van der Waals surface area contributed by atoms with Crippen molar-refractivity contribution in [2.24, 2.45) is 7.05 Å². The molecule has 0 aliphatic carbocycles. The van der Waals surface area contributed by atoms with Gasteiger partial charge in [-0.05, 0) is 38.1 Å². The zero-order chi connectivity index (χ0) is 24.5. The molecule has 4 heterocycles. The smallest absolute Gasteiger partial charge is 0.251 e. The lowest BCUT2D eigenvalue weighted by molar-refractivity contribution is -0.0222. The summed E-state index contributed by atoms with van der Waals surface area (Å²) < 4.78 is 43.4. The fourth-order valence-corrected chi connectivity index (χ4v) is 3.65. The van der Waals surface area contributed by atoms with Gasteiger partial charge >= 0.3 is 0 Å². The van der Waals surface area contributed by atoms with Gasteiger partial charge in [-0.15, -0.1) is 0 Å². The fourth-order valence-electron chi connectivity index (χ4n) is 3.49. The van der Waals surface area contributed by atoms with Crippen molar-refractivity contribution in [3.63, 3.8) is 0 Å². The quantitative estimate of drug-likeness (QED) is 0.387. The van der Waals surface area contributed by atoms with E-state index in [1.54, 1.807) is 35.7 Å². The van der Waals surface area contributed by atoms with Crippen molar-refractivity contribution in [1.29, 1.82) is 0 Å². The van der Waals surface area contributed by atoms with Gasteiger partial charge in [0.05, 0.1) is 11.4 Å². The number of aromatic nitrogens is 6. The average Bonchev–Trinajstić information content (AvgIpc) is 3.26. The van der Waals surface area contributed by atoms with Gasteiger partial charge in [-0.25, -0.2) is 28.1 Å². The van der Waals surface area contributed by atoms with Gasteiger partial charge in [0.25, 0.3) is 5.92 Å². The van der Waals surface area contributed by atoms with Crippen LogP contribution in [-0.2, 0) is 7.05 Å². The number of hydrogen-bond acceptors (Lipinski definition) is 6. The third-order valence-electron chi connectivity index (χ3n) is 5.53. The van der Waals surface area contributed by atoms with Gasteiger partial charge in [-0.1, -0.05) is 11.6 Å². The molecule has 34 heavy (non-hydrogen) atoms. The van der Waals surface area contributed by atoms with Crippen molar-refractivity contribution in [3.8, 4) is 11.3 Å². The minimum Gasteiger partial charge on any atom is -0.340 e. The number of fused-ring (bicyclic) bond motifs is 1. The number of anilines is 1. The first-order chi connectivity index (χ1) is 16.1. The van der Waals surface area contributed by atoms with E-state index in [-0.39, 0.29) is 48.2 Å². The third-order valence-corrected chi connectivity index (χ3v) is 5.77. The molecule has 0 N–H and O–H groups in total. The molecule has 1 aliphatic rings. The molecule has 0 bridgehead atoms. The molecule has 0 saturated carbocycles. The highest BCUT2D eigenvalue weighted by atomic mass is 35.5. The number of hydrogen-bond donors (Lipinski definition) is 0. The van der Waals surface area contributed by atoms with Gasteiger partial charge in [0.2, 0.25) is 5.95 Å². The van der Waals surface area contributed by atoms with Crippen LogP contribution < -0.4 is 4.90 Å². The molecule has 0 unspecified atom stereocenters. The molecule has 1 fully saturated rings. The van der Waals surface area contributed by atoms with E-state index in [2.05, 4.69) is 25.0 Å². The zero-order valence-corrected chi connectivity index (χ0v) is 19.7. The Labute approximate surface area is 199 Å². The van der Waals surface area contributed by atoms with Crippen LogP contribution in [-0.4, -0.2) is 48.7 Å². The minimum atomic E-state index is -2.69. The molecular formula is C23H23ClF3N7. The summed E-state index contributed by atoms with van der Waals surface area (Å²) in [4.78, 5) is 19.5. The summed E-state index contributed by atoms with van der Waals surface area (Å²) >= 11 is 5.87. The van der Waals surface area contributed by atoms with E-state index in [4.69, 9.17) is 11.6 Å². The number of piperidine rings is 1. The van der Waals surface area contributed by atoms with Crippen molar-refractivity contribution in [3.05, 3.63) is 58.9 Å². The molecule has 1 aliphatic heterocycles. The summed E-state index contributed by atoms with van der Waals surface area (Å²) in [6.45, 7) is 3.82. The molecule has 3 aromatic heterocycles. The van der Waals surface area contributed by atoms with Crippen LogP contribution in [0.15, 0.2) is 36.7 Å². The summed E-state index contributed by atoms with van der Waals surface area (Å²) in [5, 5.41) is 4.09. The largest absolute Gasteiger partial charge is 0.340 e. The Morgan fingerprint density at radius 2 is 1.71 bits per heavy atom. The van der Waals surface area contributed by atoms with Gasteiger partial charge in [0, 0.05) is 56.0 Å². The van der Waals surface area contributed by atoms with E-state index in [0.717, 1.165) is 0 Å². The molecular weight excluding hydrogens is 467 g/mol. The summed E-state index contributed by atoms with van der Waals surface area (Å²) in [5.74, 6) is -3.00. The van der Waals surface area contributed by atoms with Crippen LogP contribution in [0.4, 0.5) is 19.1 Å². The maximum atomic E-state index is 14.6. The number of rotatable bonds is 2. The monoisotopic (exact) mass is 489 g/mol. The van der Waals surface area contributed by atoms with Gasteiger partial charge in [-0.3, -0.25) is 4.68 Å². The average molecular weight is 490 g/mol. The highest BCUT2D eigenvalue weighted by Gasteiger charge is 2.35. The number of benzene rings is 1. The molecule has 1 aromatic carbocycles. The maximum Gasteiger partial charge on any atom is 0.251 e. The molecule has 178 valence electrons. The lowest BCUT2D eigenvalue weighted by Gasteiger charge is -2.31. The van der Waals surface area contributed by atoms with Crippen LogP contribution >= 0.6 is 11.6 Å². The third kappa shape index (κ3) is 5.27. The van der Waals surface area contributed by atoms with E-state index in [0.29, 0.717) is 22.6 Å². The predicted octanol–water partition coefficient (Wildman–Crippen LogP) is 5.15. The van der Waals surface area contributed by atoms with Crippen LogP contribution in [0.3, 0.4) is 0 Å². The van der Waals surface area contributed by atoms with E-state index < -0.39 is 11.7 Å². The first kappa shape index (κ1) is 23.9. The van der Waals surface area contributed by atoms with Crippen molar-refractivity contribution in [2.45, 2.75) is 32.6 Å². The maximum absolute atomic E-state index is 14.6. The van der Waals surface area contributed by atoms with E-state index in [9.17, 15) is 13.2 Å². The normalized spacial score (nSPS) is 15.2. The van der Waals surface area contributed by atoms with Crippen molar-refractivity contribution < 1.29 is 13.2 Å². The molecule has 7 nitrogen and oxygen atoms in total. The van der Waals surface area contributed by atoms with Crippen LogP contribution in [0.5, 0.6) is 0 Å². The Kier molecular flexibility index (Phi) is 6.70. The SMILES string of the molecule is Cc1nc2nc(N3CCC(F)(F)CC3)nc(-c3ccc(Cl)cc3F)c2nc1C.Cn1cccn1. The summed E-state index contributed by atoms with van der Waals surface area (Å²) in [6.07, 6.45) is 3.08. The molecule has 11 heteroatoms. The van der Waals surface area contributed by atoms with Crippen molar-refractivity contribution >= 4 is 28.7 Å². The van der Waals surface area contributed by atoms with Crippen LogP contribution in [0, 0.1) is 19.7 Å². The number of halogens is 4. The van der Waals surface area contributed by atoms with Crippen LogP contribution in [0.1, 0.15) is 24.2 Å². The Hall–Kier alpha value is -3.27. The molecule has 5 rings (SSSR count). The van der Waals surface area contributed by atoms with Gasteiger partial charge in [0.1, 0.15) is 17.0 Å². The molecule has 1 saturated heterocycles. The summed E-state index contributed by atoms with van der Waals surface area (Å²) in [5.41, 5.74) is 2.49. The van der Waals surface area contributed by atoms with Gasteiger partial charge in [0.15, 0.2) is 5.65 Å². The first-order valence-electron chi connectivity index (χ1n) is 10.7. The Morgan fingerprint density at radius 3 is 2.29 bits per heavy atom. The van der Waals surface area contributed by atoms with Crippen LogP contribution in [0.2, 0.25) is 5.02 Å². The van der Waals surface area contributed by atoms with E-state index in [1.165, 1.54) is 12.1 Å². The van der Waals surface area contributed by atoms with Gasteiger partial charge < -0.3 is 4.90 Å². The van der Waals surface area contributed by atoms with E-state index in [1.807, 2.05) is 19.3 Å². The first-order valence-corrected chi connectivity index (χ1v) is 11.1. The fraction of sp³-hybridized carbons (Fsp3) is 0.348. The minimum absolute atomic E-state index is 0.110. The lowest BCUT2D eigenvalue weighted by Crippen LogP contribution is -2.40. The van der Waals surface area contributed by atoms with E-state index >= 15 is 0 Å². The Bertz CT molecular complexity index is 1300. The van der Waals surface area contributed by atoms with Crippen LogP contribution in [0.25, 0.3) is 22.4 Å². The van der Waals surface area contributed by atoms with Crippen molar-refractivity contribution in [2.75, 3.05) is 18.0 Å². The standard InChI is InChI=1S/C19H17ClF3N5.C4H6N2/c1-10-11(2)25-17-16(24-10)15(13-4-3-12(20)9-14(13)21)26-18(27-17)28-7-5-19(22,23)6-8-28;1-6-4-2-3-5-6/h3-4,9H,5-8H2,1-2H3;2-4H,1H3. The number of aryl methyl sites for hydroxylation is 3. The molecule has 0 atom stereocenters. The highest BCUT2D eigenvalue weighted by Crippen LogP contribution is 2.33. The molecule has 4 aromatic rings. The second-order valence-electron chi connectivity index (χ2n) is 8.09. The summed E-state index contributed by atoms with van der Waals surface area (Å²) in [7, 11) is 1.89. The molecule has 0 radical (unpaired) electrons. The molecule has 0 spiro atoms. The molecule has 0 amide bonds. The second kappa shape index (κ2) is 9.54. The predicted molar refractivity (Wildman–Crippen MR) is 125 cm³/mol. The second-order valence-corrected chi connectivity index (χ2v) is 8.52. The highest BCUT2D eigenvalue weighted by molar-refractivity contribution is 6.30. The van der Waals surface area contributed by atoms with Crippen molar-refractivity contribution in [1.82, 2.24) is 29.7 Å². The number of nitrogens with zero attached hydrogens (tertiary/aromatic N) is 7. The Balaban J connectivity index is 0.000000398. The lowest BCUT2D eigenvalue weighted by atomic mass is 10.1. The summed E-state index contributed by atoms with van der Waals surface area (Å²) in [6, 6.07) is 6.16. The Morgan fingerprint density at radius 1 is 1.00 bits per heavy atom. The zero-order valence-electron chi connectivity index (χ0n) is 18.9. The van der Waals surface area contributed by atoms with Gasteiger partial charge in [-0.2, -0.15) is 10.1 Å².